The number of allylic oxidation sites excluding steroid dienone is 6. The molecule has 0 aromatic rings. The van der Waals surface area contributed by atoms with E-state index < -0.39 is 0 Å². The summed E-state index contributed by atoms with van der Waals surface area (Å²) >= 11 is 0. The highest BCUT2D eigenvalue weighted by Crippen LogP contribution is 1.92. The van der Waals surface area contributed by atoms with E-state index in [0.29, 0.717) is 0 Å². The van der Waals surface area contributed by atoms with Crippen LogP contribution in [0.4, 0.5) is 0 Å². The maximum atomic E-state index is 3.73. The van der Waals surface area contributed by atoms with Gasteiger partial charge < -0.3 is 0 Å². The minimum absolute atomic E-state index is 0.945. The molecule has 0 saturated carbocycles. The second-order valence-electron chi connectivity index (χ2n) is 1.97. The molecule has 0 aliphatic carbocycles. The summed E-state index contributed by atoms with van der Waals surface area (Å²) < 4.78 is 0. The third-order valence-corrected chi connectivity index (χ3v) is 1.06. The minimum atomic E-state index is 0.945. The van der Waals surface area contributed by atoms with Crippen LogP contribution in [-0.2, 0) is 0 Å². The van der Waals surface area contributed by atoms with Gasteiger partial charge in [0.25, 0.3) is 0 Å². The number of hydrogen-bond donors (Lipinski definition) is 0. The van der Waals surface area contributed by atoms with E-state index in [1.54, 1.807) is 6.08 Å². The van der Waals surface area contributed by atoms with Gasteiger partial charge in [-0.1, -0.05) is 64.3 Å². The SMILES string of the molecule is C=CC(=C)/C=C\C=C/CC.CC. The van der Waals surface area contributed by atoms with Crippen LogP contribution in [0, 0.1) is 0 Å². The molecule has 68 valence electrons. The van der Waals surface area contributed by atoms with E-state index in [2.05, 4.69) is 26.2 Å². The van der Waals surface area contributed by atoms with Crippen molar-refractivity contribution in [1.29, 1.82) is 0 Å². The highest BCUT2D eigenvalue weighted by atomic mass is 13.8. The molecule has 0 radical (unpaired) electrons. The van der Waals surface area contributed by atoms with E-state index in [9.17, 15) is 0 Å². The lowest BCUT2D eigenvalue weighted by molar-refractivity contribution is 1.22. The van der Waals surface area contributed by atoms with Crippen molar-refractivity contribution >= 4 is 0 Å². The summed E-state index contributed by atoms with van der Waals surface area (Å²) in [5.41, 5.74) is 0.945. The van der Waals surface area contributed by atoms with Crippen LogP contribution in [0.5, 0.6) is 0 Å². The molecule has 12 heavy (non-hydrogen) atoms. The van der Waals surface area contributed by atoms with Gasteiger partial charge in [0.15, 0.2) is 0 Å². The molecule has 0 fully saturated rings. The average molecular weight is 164 g/mol. The monoisotopic (exact) mass is 164 g/mol. The Morgan fingerprint density at radius 2 is 1.83 bits per heavy atom. The standard InChI is InChI=1S/C10H14.C2H6/c1-4-6-7-8-9-10(3)5-2;1-2/h5-9H,2-4H2,1H3;1-2H3/b7-6-,9-8-;. The summed E-state index contributed by atoms with van der Waals surface area (Å²) in [6, 6.07) is 0. The first-order valence-corrected chi connectivity index (χ1v) is 4.45. The third-order valence-electron chi connectivity index (χ3n) is 1.06. The largest absolute Gasteiger partial charge is 0.0985 e. The van der Waals surface area contributed by atoms with Crippen molar-refractivity contribution in [3.63, 3.8) is 0 Å². The zero-order chi connectivity index (χ0) is 9.82. The van der Waals surface area contributed by atoms with Crippen LogP contribution in [-0.4, -0.2) is 0 Å². The average Bonchev–Trinajstić information content (AvgIpc) is 2.15. The molecular formula is C12H20. The van der Waals surface area contributed by atoms with E-state index in [1.165, 1.54) is 0 Å². The molecule has 0 unspecified atom stereocenters. The highest BCUT2D eigenvalue weighted by Gasteiger charge is 1.72. The first-order valence-electron chi connectivity index (χ1n) is 4.45. The Kier molecular flexibility index (Phi) is 14.2. The van der Waals surface area contributed by atoms with Crippen LogP contribution < -0.4 is 0 Å². The molecule has 0 N–H and O–H groups in total. The van der Waals surface area contributed by atoms with Crippen molar-refractivity contribution in [1.82, 2.24) is 0 Å². The Morgan fingerprint density at radius 3 is 2.25 bits per heavy atom. The Hall–Kier alpha value is -1.04. The van der Waals surface area contributed by atoms with Gasteiger partial charge in [0.05, 0.1) is 0 Å². The summed E-state index contributed by atoms with van der Waals surface area (Å²) in [6.07, 6.45) is 10.8. The molecule has 0 heteroatoms. The molecule has 0 aromatic carbocycles. The number of rotatable bonds is 4. The lowest BCUT2D eigenvalue weighted by Gasteiger charge is -1.82. The quantitative estimate of drug-likeness (QED) is 0.544. The maximum absolute atomic E-state index is 3.73. The molecule has 0 aliphatic rings. The molecular weight excluding hydrogens is 144 g/mol. The van der Waals surface area contributed by atoms with Crippen molar-refractivity contribution in [2.75, 3.05) is 0 Å². The number of hydrogen-bond acceptors (Lipinski definition) is 0. The predicted octanol–water partition coefficient (Wildman–Crippen LogP) is 4.28. The fraction of sp³-hybridized carbons (Fsp3) is 0.333. The molecule has 0 spiro atoms. The Labute approximate surface area is 77.0 Å². The van der Waals surface area contributed by atoms with Crippen LogP contribution in [0.15, 0.2) is 49.1 Å². The predicted molar refractivity (Wildman–Crippen MR) is 59.3 cm³/mol. The summed E-state index contributed by atoms with van der Waals surface area (Å²) in [4.78, 5) is 0. The third kappa shape index (κ3) is 11.7. The lowest BCUT2D eigenvalue weighted by Crippen LogP contribution is -1.61. The second kappa shape index (κ2) is 12.6. The smallest absolute Gasteiger partial charge is 0.0335 e. The first-order chi connectivity index (χ1) is 5.81. The van der Waals surface area contributed by atoms with Crippen LogP contribution in [0.1, 0.15) is 27.2 Å². The molecule has 0 saturated heterocycles. The Balaban J connectivity index is 0. The summed E-state index contributed by atoms with van der Waals surface area (Å²) in [6.45, 7) is 13.4. The van der Waals surface area contributed by atoms with E-state index in [4.69, 9.17) is 0 Å². The van der Waals surface area contributed by atoms with Gasteiger partial charge in [0.2, 0.25) is 0 Å². The summed E-state index contributed by atoms with van der Waals surface area (Å²) in [7, 11) is 0. The van der Waals surface area contributed by atoms with Gasteiger partial charge in [-0.2, -0.15) is 0 Å². The van der Waals surface area contributed by atoms with E-state index in [0.717, 1.165) is 12.0 Å². The molecule has 0 rings (SSSR count). The van der Waals surface area contributed by atoms with Crippen molar-refractivity contribution in [2.24, 2.45) is 0 Å². The molecule has 0 nitrogen and oxygen atoms in total. The molecule has 0 bridgehead atoms. The van der Waals surface area contributed by atoms with E-state index in [-0.39, 0.29) is 0 Å². The minimum Gasteiger partial charge on any atom is -0.0985 e. The second-order valence-corrected chi connectivity index (χ2v) is 1.97. The van der Waals surface area contributed by atoms with Crippen LogP contribution >= 0.6 is 0 Å². The summed E-state index contributed by atoms with van der Waals surface area (Å²) in [5, 5.41) is 0. The molecule has 0 aromatic heterocycles. The van der Waals surface area contributed by atoms with E-state index in [1.807, 2.05) is 32.1 Å². The first kappa shape index (κ1) is 13.5. The van der Waals surface area contributed by atoms with Crippen molar-refractivity contribution in [2.45, 2.75) is 27.2 Å². The fourth-order valence-corrected chi connectivity index (χ4v) is 0.462. The zero-order valence-corrected chi connectivity index (χ0v) is 8.51. The maximum Gasteiger partial charge on any atom is -0.0335 e. The van der Waals surface area contributed by atoms with Crippen LogP contribution in [0.3, 0.4) is 0 Å². The highest BCUT2D eigenvalue weighted by molar-refractivity contribution is 5.27. The van der Waals surface area contributed by atoms with Gasteiger partial charge in [0.1, 0.15) is 0 Å². The molecule has 0 aliphatic heterocycles. The fourth-order valence-electron chi connectivity index (χ4n) is 0.462. The zero-order valence-electron chi connectivity index (χ0n) is 8.51. The van der Waals surface area contributed by atoms with Crippen molar-refractivity contribution in [3.05, 3.63) is 49.1 Å². The van der Waals surface area contributed by atoms with Gasteiger partial charge in [-0.3, -0.25) is 0 Å². The Morgan fingerprint density at radius 1 is 1.25 bits per heavy atom. The molecule has 0 heterocycles. The van der Waals surface area contributed by atoms with Crippen molar-refractivity contribution in [3.8, 4) is 0 Å². The van der Waals surface area contributed by atoms with Gasteiger partial charge in [-0.15, -0.1) is 0 Å². The van der Waals surface area contributed by atoms with Gasteiger partial charge in [0, 0.05) is 0 Å². The molecule has 0 amide bonds. The normalized spacial score (nSPS) is 9.58. The van der Waals surface area contributed by atoms with Crippen molar-refractivity contribution < 1.29 is 0 Å². The topological polar surface area (TPSA) is 0 Å². The lowest BCUT2D eigenvalue weighted by atomic mass is 10.2. The summed E-state index contributed by atoms with van der Waals surface area (Å²) in [5.74, 6) is 0. The van der Waals surface area contributed by atoms with Crippen LogP contribution in [0.2, 0.25) is 0 Å². The van der Waals surface area contributed by atoms with Gasteiger partial charge in [-0.25, -0.2) is 0 Å². The van der Waals surface area contributed by atoms with Crippen LogP contribution in [0.25, 0.3) is 0 Å². The van der Waals surface area contributed by atoms with Gasteiger partial charge in [-0.05, 0) is 12.0 Å². The van der Waals surface area contributed by atoms with E-state index >= 15 is 0 Å². The Bertz CT molecular complexity index is 159. The van der Waals surface area contributed by atoms with Gasteiger partial charge >= 0.3 is 0 Å². The molecule has 0 atom stereocenters.